The third kappa shape index (κ3) is 5.90. The number of halogens is 1. The monoisotopic (exact) mass is 348 g/mol. The van der Waals surface area contributed by atoms with Gasteiger partial charge in [0.25, 0.3) is 0 Å². The molecule has 0 fully saturated rings. The maximum Gasteiger partial charge on any atom is 0.339 e. The lowest BCUT2D eigenvalue weighted by atomic mass is 10.2. The molecule has 1 rings (SSSR count). The fourth-order valence-electron chi connectivity index (χ4n) is 1.76. The molecule has 0 aliphatic heterocycles. The molecule has 2 amide bonds. The molecule has 1 aromatic rings. The number of nitrogens with one attached hydrogen (secondary N) is 2. The second-order valence-electron chi connectivity index (χ2n) is 4.78. The number of methoxy groups -OCH3 is 1. The summed E-state index contributed by atoms with van der Waals surface area (Å²) in [4.78, 5) is 23.1. The molecule has 0 aromatic heterocycles. The Hall–Kier alpha value is -1.80. The average Bonchev–Trinajstić information content (AvgIpc) is 2.35. The first-order chi connectivity index (χ1) is 10.1. The minimum atomic E-state index is -3.18. The second-order valence-corrected chi connectivity index (χ2v) is 7.37. The lowest BCUT2D eigenvalue weighted by Crippen LogP contribution is -2.39. The molecule has 122 valence electrons. The van der Waals surface area contributed by atoms with E-state index in [0.29, 0.717) is 5.69 Å². The van der Waals surface area contributed by atoms with Gasteiger partial charge in [0.05, 0.1) is 23.4 Å². The zero-order valence-electron chi connectivity index (χ0n) is 12.3. The Balaban J connectivity index is 2.69. The normalized spacial score (nSPS) is 12.4. The molecule has 1 aromatic carbocycles. The van der Waals surface area contributed by atoms with Crippen molar-refractivity contribution in [3.63, 3.8) is 0 Å². The van der Waals surface area contributed by atoms with Crippen LogP contribution < -0.4 is 10.6 Å². The number of esters is 1. The van der Waals surface area contributed by atoms with Crippen molar-refractivity contribution in [2.45, 2.75) is 13.0 Å². The topological polar surface area (TPSA) is 102 Å². The van der Waals surface area contributed by atoms with Gasteiger partial charge in [-0.2, -0.15) is 0 Å². The number of carbonyl (C=O) groups is 2. The molecule has 1 atom stereocenters. The molecule has 0 aliphatic carbocycles. The van der Waals surface area contributed by atoms with Crippen LogP contribution in [0.15, 0.2) is 18.2 Å². The Kier molecular flexibility index (Phi) is 6.19. The Morgan fingerprint density at radius 2 is 2.00 bits per heavy atom. The van der Waals surface area contributed by atoms with Crippen LogP contribution in [0.5, 0.6) is 0 Å². The van der Waals surface area contributed by atoms with Crippen molar-refractivity contribution in [2.75, 3.05) is 24.4 Å². The van der Waals surface area contributed by atoms with E-state index in [9.17, 15) is 18.0 Å². The molecule has 0 heterocycles. The molecule has 0 bridgehead atoms. The SMILES string of the molecule is COC(=O)c1ccc(NC(=O)N[C@@H](C)CS(C)(=O)=O)cc1Cl. The number of ether oxygens (including phenoxy) is 1. The molecule has 0 aliphatic rings. The van der Waals surface area contributed by atoms with Crippen LogP contribution in [0.1, 0.15) is 17.3 Å². The number of amides is 2. The molecule has 0 unspecified atom stereocenters. The van der Waals surface area contributed by atoms with Gasteiger partial charge in [0, 0.05) is 18.0 Å². The second kappa shape index (κ2) is 7.46. The first kappa shape index (κ1) is 18.2. The van der Waals surface area contributed by atoms with Crippen LogP contribution in [0.2, 0.25) is 5.02 Å². The van der Waals surface area contributed by atoms with Gasteiger partial charge in [-0.25, -0.2) is 18.0 Å². The minimum absolute atomic E-state index is 0.133. The smallest absolute Gasteiger partial charge is 0.339 e. The van der Waals surface area contributed by atoms with Gasteiger partial charge in [0.15, 0.2) is 0 Å². The molecule has 9 heteroatoms. The number of hydrogen-bond donors (Lipinski definition) is 2. The average molecular weight is 349 g/mol. The van der Waals surface area contributed by atoms with Gasteiger partial charge in [0.1, 0.15) is 9.84 Å². The quantitative estimate of drug-likeness (QED) is 0.788. The van der Waals surface area contributed by atoms with E-state index < -0.39 is 27.9 Å². The van der Waals surface area contributed by atoms with Crippen molar-refractivity contribution in [2.24, 2.45) is 0 Å². The van der Waals surface area contributed by atoms with E-state index in [1.165, 1.54) is 25.3 Å². The maximum absolute atomic E-state index is 11.7. The van der Waals surface area contributed by atoms with Gasteiger partial charge in [-0.3, -0.25) is 0 Å². The summed E-state index contributed by atoms with van der Waals surface area (Å²) in [6, 6.07) is 3.19. The van der Waals surface area contributed by atoms with Crippen LogP contribution in [0.4, 0.5) is 10.5 Å². The van der Waals surface area contributed by atoms with Crippen LogP contribution in [0, 0.1) is 0 Å². The zero-order valence-corrected chi connectivity index (χ0v) is 13.9. The highest BCUT2D eigenvalue weighted by Crippen LogP contribution is 2.21. The molecule has 0 saturated carbocycles. The van der Waals surface area contributed by atoms with Gasteiger partial charge in [-0.05, 0) is 25.1 Å². The van der Waals surface area contributed by atoms with E-state index in [0.717, 1.165) is 6.26 Å². The van der Waals surface area contributed by atoms with Crippen molar-refractivity contribution in [1.82, 2.24) is 5.32 Å². The van der Waals surface area contributed by atoms with Gasteiger partial charge < -0.3 is 15.4 Å². The standard InChI is InChI=1S/C13H17ClN2O5S/c1-8(7-22(3,19)20)15-13(18)16-9-4-5-10(11(14)6-9)12(17)21-2/h4-6,8H,7H2,1-3H3,(H2,15,16,18)/t8-/m0/s1. The summed E-state index contributed by atoms with van der Waals surface area (Å²) < 4.78 is 26.8. The highest BCUT2D eigenvalue weighted by Gasteiger charge is 2.15. The fraction of sp³-hybridized carbons (Fsp3) is 0.385. The minimum Gasteiger partial charge on any atom is -0.465 e. The zero-order chi connectivity index (χ0) is 16.9. The van der Waals surface area contributed by atoms with Crippen LogP contribution in [-0.4, -0.2) is 45.6 Å². The number of anilines is 1. The number of sulfone groups is 1. The Morgan fingerprint density at radius 1 is 1.36 bits per heavy atom. The summed E-state index contributed by atoms with van der Waals surface area (Å²) in [6.07, 6.45) is 1.09. The van der Waals surface area contributed by atoms with Crippen LogP contribution in [-0.2, 0) is 14.6 Å². The van der Waals surface area contributed by atoms with Crippen molar-refractivity contribution in [3.05, 3.63) is 28.8 Å². The Morgan fingerprint density at radius 3 is 2.50 bits per heavy atom. The molecule has 7 nitrogen and oxygen atoms in total. The molecule has 0 radical (unpaired) electrons. The third-order valence-corrected chi connectivity index (χ3v) is 3.98. The molecule has 2 N–H and O–H groups in total. The highest BCUT2D eigenvalue weighted by atomic mass is 35.5. The van der Waals surface area contributed by atoms with E-state index in [4.69, 9.17) is 11.6 Å². The van der Waals surface area contributed by atoms with Crippen LogP contribution in [0.3, 0.4) is 0 Å². The van der Waals surface area contributed by atoms with Gasteiger partial charge in [0.2, 0.25) is 0 Å². The number of hydrogen-bond acceptors (Lipinski definition) is 5. The summed E-state index contributed by atoms with van der Waals surface area (Å²) in [6.45, 7) is 1.58. The van der Waals surface area contributed by atoms with E-state index in [1.54, 1.807) is 6.92 Å². The Labute approximate surface area is 133 Å². The first-order valence-corrected chi connectivity index (χ1v) is 8.69. The van der Waals surface area contributed by atoms with Crippen molar-refractivity contribution in [1.29, 1.82) is 0 Å². The predicted molar refractivity (Wildman–Crippen MR) is 84.1 cm³/mol. The van der Waals surface area contributed by atoms with Crippen LogP contribution in [0.25, 0.3) is 0 Å². The molecule has 0 spiro atoms. The maximum atomic E-state index is 11.7. The largest absolute Gasteiger partial charge is 0.465 e. The summed E-state index contributed by atoms with van der Waals surface area (Å²) in [5.74, 6) is -0.745. The van der Waals surface area contributed by atoms with Crippen LogP contribution >= 0.6 is 11.6 Å². The Bertz CT molecular complexity index is 675. The van der Waals surface area contributed by atoms with E-state index >= 15 is 0 Å². The molecular formula is C13H17ClN2O5S. The number of urea groups is 1. The van der Waals surface area contributed by atoms with Gasteiger partial charge in [-0.15, -0.1) is 0 Å². The van der Waals surface area contributed by atoms with Gasteiger partial charge >= 0.3 is 12.0 Å². The van der Waals surface area contributed by atoms with Crippen molar-refractivity contribution >= 4 is 39.1 Å². The molecular weight excluding hydrogens is 332 g/mol. The summed E-state index contributed by atoms with van der Waals surface area (Å²) in [5.41, 5.74) is 0.544. The number of benzene rings is 1. The number of rotatable bonds is 5. The van der Waals surface area contributed by atoms with E-state index in [1.807, 2.05) is 0 Å². The molecule has 22 heavy (non-hydrogen) atoms. The summed E-state index contributed by atoms with van der Waals surface area (Å²) >= 11 is 5.93. The lowest BCUT2D eigenvalue weighted by Gasteiger charge is -2.14. The summed E-state index contributed by atoms with van der Waals surface area (Å²) in [7, 11) is -1.94. The predicted octanol–water partition coefficient (Wildman–Crippen LogP) is 1.68. The van der Waals surface area contributed by atoms with E-state index in [2.05, 4.69) is 15.4 Å². The van der Waals surface area contributed by atoms with Gasteiger partial charge in [-0.1, -0.05) is 11.6 Å². The molecule has 0 saturated heterocycles. The first-order valence-electron chi connectivity index (χ1n) is 6.25. The lowest BCUT2D eigenvalue weighted by molar-refractivity contribution is 0.0601. The number of carbonyl (C=O) groups excluding carboxylic acids is 2. The van der Waals surface area contributed by atoms with Crippen molar-refractivity contribution < 1.29 is 22.7 Å². The van der Waals surface area contributed by atoms with Crippen molar-refractivity contribution in [3.8, 4) is 0 Å². The third-order valence-electron chi connectivity index (χ3n) is 2.56. The summed E-state index contributed by atoms with van der Waals surface area (Å²) in [5, 5.41) is 5.12. The fourth-order valence-corrected chi connectivity index (χ4v) is 3.00. The van der Waals surface area contributed by atoms with E-state index in [-0.39, 0.29) is 16.3 Å². The highest BCUT2D eigenvalue weighted by molar-refractivity contribution is 7.90.